The lowest BCUT2D eigenvalue weighted by atomic mass is 10.1. The van der Waals surface area contributed by atoms with Crippen molar-refractivity contribution in [2.45, 2.75) is 45.6 Å². The van der Waals surface area contributed by atoms with E-state index in [1.54, 1.807) is 12.1 Å². The third-order valence-corrected chi connectivity index (χ3v) is 5.18. The minimum absolute atomic E-state index is 0.0185. The molecular weight excluding hydrogens is 592 g/mol. The Balaban J connectivity index is 0.000000378. The molecule has 0 amide bonds. The highest BCUT2D eigenvalue weighted by Gasteiger charge is 2.44. The quantitative estimate of drug-likeness (QED) is 0.176. The molecule has 0 spiro atoms. The third-order valence-electron chi connectivity index (χ3n) is 5.18. The van der Waals surface area contributed by atoms with E-state index in [2.05, 4.69) is 22.2 Å². The summed E-state index contributed by atoms with van der Waals surface area (Å²) in [4.78, 5) is 21.2. The first kappa shape index (κ1) is 35.9. The number of nitrogens with zero attached hydrogens (tertiary/aromatic N) is 5. The van der Waals surface area contributed by atoms with E-state index in [0.717, 1.165) is 43.1 Å². The monoisotopic (exact) mass is 614 g/mol. The second-order valence-corrected chi connectivity index (χ2v) is 8.42. The summed E-state index contributed by atoms with van der Waals surface area (Å²) in [5.74, 6) is -2.01. The molecule has 0 aromatic heterocycles. The van der Waals surface area contributed by atoms with Gasteiger partial charge in [0.25, 0.3) is 0 Å². The smallest absolute Gasteiger partial charge is 0.298 e. The van der Waals surface area contributed by atoms with Gasteiger partial charge in [-0.25, -0.2) is 8.78 Å². The van der Waals surface area contributed by atoms with Crippen molar-refractivity contribution in [1.82, 2.24) is 0 Å². The van der Waals surface area contributed by atoms with Crippen molar-refractivity contribution in [3.8, 4) is 12.1 Å². The van der Waals surface area contributed by atoms with Gasteiger partial charge in [-0.15, -0.1) is 0 Å². The molecule has 1 atom stereocenters. The molecule has 1 N–H and O–H groups in total. The summed E-state index contributed by atoms with van der Waals surface area (Å²) in [5.41, 5.74) is -0.475. The number of benzene rings is 2. The SMILES string of the molecule is C/C(=N/Nc1ccc(F)c(C#N)c1)C(F)(F)F.C=CC(C)=O.CC(=O)C1CC(C(F)(F)F)=NN1c1ccc(F)c(C#N)c1. The fourth-order valence-electron chi connectivity index (χ4n) is 2.87. The van der Waals surface area contributed by atoms with Crippen molar-refractivity contribution >= 4 is 34.4 Å². The average molecular weight is 614 g/mol. The number of Topliss-reactive ketones (excluding diaryl/α,β-unsaturated/α-hetero) is 1. The summed E-state index contributed by atoms with van der Waals surface area (Å²) < 4.78 is 101. The maximum Gasteiger partial charge on any atom is 0.431 e. The molecule has 1 unspecified atom stereocenters. The molecule has 0 saturated carbocycles. The summed E-state index contributed by atoms with van der Waals surface area (Å²) in [6.07, 6.45) is -8.45. The lowest BCUT2D eigenvalue weighted by Gasteiger charge is -2.21. The summed E-state index contributed by atoms with van der Waals surface area (Å²) in [6.45, 7) is 6.62. The predicted octanol–water partition coefficient (Wildman–Crippen LogP) is 6.59. The normalized spacial score (nSPS) is 14.5. The Hall–Kier alpha value is -5.12. The molecular formula is C27H22F8N6O2. The van der Waals surface area contributed by atoms with Gasteiger partial charge < -0.3 is 0 Å². The van der Waals surface area contributed by atoms with Crippen molar-refractivity contribution in [2.24, 2.45) is 10.2 Å². The van der Waals surface area contributed by atoms with Gasteiger partial charge in [0.2, 0.25) is 0 Å². The van der Waals surface area contributed by atoms with Crippen LogP contribution >= 0.6 is 0 Å². The Bertz CT molecular complexity index is 1500. The molecule has 3 rings (SSSR count). The van der Waals surface area contributed by atoms with Gasteiger partial charge in [0.15, 0.2) is 11.6 Å². The molecule has 0 saturated heterocycles. The van der Waals surface area contributed by atoms with Gasteiger partial charge in [-0.2, -0.15) is 47.1 Å². The Morgan fingerprint density at radius 3 is 1.95 bits per heavy atom. The topological polar surface area (TPSA) is 122 Å². The molecule has 1 aliphatic heterocycles. The van der Waals surface area contributed by atoms with Crippen molar-refractivity contribution in [3.05, 3.63) is 71.8 Å². The highest BCUT2D eigenvalue weighted by molar-refractivity contribution is 6.00. The predicted molar refractivity (Wildman–Crippen MR) is 141 cm³/mol. The summed E-state index contributed by atoms with van der Waals surface area (Å²) in [5, 5.41) is 24.6. The second kappa shape index (κ2) is 15.2. The fourth-order valence-corrected chi connectivity index (χ4v) is 2.87. The molecule has 1 heterocycles. The molecule has 2 aromatic rings. The third kappa shape index (κ3) is 11.0. The standard InChI is InChI=1S/C13H9F4N3O.C10H7F4N3.C4H6O/c1-7(21)11-5-12(13(15,16)17)19-20(11)9-2-3-10(14)8(4-9)6-18;1-6(10(12,13)14)16-17-8-2-3-9(11)7(4-8)5-15;1-3-4(2)5/h2-4,11H,5H2,1H3;2-4,17H,1H3;3H,1H2,2H3/b;16-6-;. The first-order valence-electron chi connectivity index (χ1n) is 11.7. The molecule has 16 heteroatoms. The molecule has 43 heavy (non-hydrogen) atoms. The van der Waals surface area contributed by atoms with E-state index in [4.69, 9.17) is 10.5 Å². The number of rotatable bonds is 5. The van der Waals surface area contributed by atoms with Crippen LogP contribution in [0, 0.1) is 34.3 Å². The van der Waals surface area contributed by atoms with Crippen molar-refractivity contribution in [1.29, 1.82) is 10.5 Å². The Labute approximate surface area is 240 Å². The molecule has 0 aliphatic carbocycles. The van der Waals surface area contributed by atoms with Gasteiger partial charge >= 0.3 is 12.4 Å². The molecule has 0 radical (unpaired) electrons. The number of hydrogen-bond donors (Lipinski definition) is 1. The minimum Gasteiger partial charge on any atom is -0.298 e. The Morgan fingerprint density at radius 1 is 1.00 bits per heavy atom. The van der Waals surface area contributed by atoms with Crippen LogP contribution in [0.4, 0.5) is 46.5 Å². The number of nitrogens with one attached hydrogen (secondary N) is 1. The molecule has 0 bridgehead atoms. The van der Waals surface area contributed by atoms with Crippen molar-refractivity contribution in [2.75, 3.05) is 10.4 Å². The van der Waals surface area contributed by atoms with E-state index in [1.807, 2.05) is 0 Å². The second-order valence-electron chi connectivity index (χ2n) is 8.42. The van der Waals surface area contributed by atoms with Gasteiger partial charge in [-0.3, -0.25) is 20.0 Å². The highest BCUT2D eigenvalue weighted by Crippen LogP contribution is 2.32. The van der Waals surface area contributed by atoms with Crippen LogP contribution in [0.25, 0.3) is 0 Å². The summed E-state index contributed by atoms with van der Waals surface area (Å²) in [6, 6.07) is 8.46. The molecule has 8 nitrogen and oxygen atoms in total. The number of hydrazone groups is 2. The first-order valence-corrected chi connectivity index (χ1v) is 11.7. The highest BCUT2D eigenvalue weighted by atomic mass is 19.4. The number of alkyl halides is 6. The number of ketones is 2. The van der Waals surface area contributed by atoms with Gasteiger partial charge in [0, 0.05) is 6.42 Å². The zero-order valence-electron chi connectivity index (χ0n) is 22.6. The van der Waals surface area contributed by atoms with Gasteiger partial charge in [0.05, 0.1) is 22.5 Å². The van der Waals surface area contributed by atoms with Crippen LogP contribution in [0.3, 0.4) is 0 Å². The van der Waals surface area contributed by atoms with E-state index in [0.29, 0.717) is 0 Å². The van der Waals surface area contributed by atoms with Gasteiger partial charge in [-0.05, 0) is 63.2 Å². The van der Waals surface area contributed by atoms with E-state index >= 15 is 0 Å². The lowest BCUT2D eigenvalue weighted by molar-refractivity contribution is -0.118. The van der Waals surface area contributed by atoms with Crippen LogP contribution in [0.5, 0.6) is 0 Å². The number of anilines is 2. The fraction of sp³-hybridized carbons (Fsp3) is 0.259. The molecule has 1 aliphatic rings. The van der Waals surface area contributed by atoms with Crippen molar-refractivity contribution < 1.29 is 44.7 Å². The zero-order valence-corrected chi connectivity index (χ0v) is 22.6. The number of halogens is 8. The Morgan fingerprint density at radius 2 is 1.51 bits per heavy atom. The zero-order chi connectivity index (χ0) is 33.1. The van der Waals surface area contributed by atoms with Gasteiger partial charge in [0.1, 0.15) is 41.2 Å². The van der Waals surface area contributed by atoms with E-state index in [1.165, 1.54) is 25.1 Å². The van der Waals surface area contributed by atoms with Crippen LogP contribution in [-0.2, 0) is 9.59 Å². The van der Waals surface area contributed by atoms with Crippen LogP contribution < -0.4 is 10.4 Å². The molecule has 228 valence electrons. The Kier molecular flexibility index (Phi) is 12.7. The minimum atomic E-state index is -4.64. The van der Waals surface area contributed by atoms with Crippen LogP contribution in [0.15, 0.2) is 59.3 Å². The average Bonchev–Trinajstić information content (AvgIpc) is 3.40. The maximum atomic E-state index is 13.3. The van der Waals surface area contributed by atoms with Crippen molar-refractivity contribution in [3.63, 3.8) is 0 Å². The summed E-state index contributed by atoms with van der Waals surface area (Å²) in [7, 11) is 0. The van der Waals surface area contributed by atoms with E-state index in [-0.39, 0.29) is 28.3 Å². The number of allylic oxidation sites excluding steroid dienone is 1. The van der Waals surface area contributed by atoms with Crippen LogP contribution in [0.2, 0.25) is 0 Å². The lowest BCUT2D eigenvalue weighted by Crippen LogP contribution is -2.33. The van der Waals surface area contributed by atoms with Gasteiger partial charge in [-0.1, -0.05) is 6.58 Å². The molecule has 2 aromatic carbocycles. The van der Waals surface area contributed by atoms with E-state index < -0.39 is 53.7 Å². The number of hydrogen-bond acceptors (Lipinski definition) is 8. The largest absolute Gasteiger partial charge is 0.431 e. The van der Waals surface area contributed by atoms with Crippen LogP contribution in [0.1, 0.15) is 38.3 Å². The first-order chi connectivity index (χ1) is 19.8. The van der Waals surface area contributed by atoms with Crippen LogP contribution in [-0.4, -0.2) is 41.4 Å². The summed E-state index contributed by atoms with van der Waals surface area (Å²) >= 11 is 0. The number of nitriles is 2. The number of carbonyl (C=O) groups is 2. The van der Waals surface area contributed by atoms with E-state index in [9.17, 15) is 44.7 Å². The maximum absolute atomic E-state index is 13.3. The number of carbonyl (C=O) groups excluding carboxylic acids is 2. The molecule has 0 fully saturated rings.